The zero-order valence-corrected chi connectivity index (χ0v) is 17.9. The van der Waals surface area contributed by atoms with Gasteiger partial charge in [0.15, 0.2) is 11.0 Å². The zero-order valence-electron chi connectivity index (χ0n) is 16.3. The number of rotatable bonds is 2. The smallest absolute Gasteiger partial charge is 0.161 e. The van der Waals surface area contributed by atoms with E-state index in [1.54, 1.807) is 0 Å². The van der Waals surface area contributed by atoms with E-state index in [1.807, 2.05) is 61.6 Å². The van der Waals surface area contributed by atoms with Crippen LogP contribution in [0.1, 0.15) is 21.9 Å². The van der Waals surface area contributed by atoms with E-state index in [-0.39, 0.29) is 5.25 Å². The van der Waals surface area contributed by atoms with E-state index in [4.69, 9.17) is 27.3 Å². The maximum atomic E-state index is 6.39. The van der Waals surface area contributed by atoms with Crippen molar-refractivity contribution in [1.82, 2.24) is 0 Å². The summed E-state index contributed by atoms with van der Waals surface area (Å²) in [6.45, 7) is 0. The molecule has 0 aliphatic carbocycles. The third kappa shape index (κ3) is 3.30. The number of anilines is 1. The van der Waals surface area contributed by atoms with Gasteiger partial charge < -0.3 is 10.6 Å². The maximum Gasteiger partial charge on any atom is 0.161 e. The number of thioether (sulfide) groups is 1. The fourth-order valence-corrected chi connectivity index (χ4v) is 4.91. The Bertz CT molecular complexity index is 1200. The van der Waals surface area contributed by atoms with Crippen molar-refractivity contribution in [3.63, 3.8) is 0 Å². The molecule has 2 N–H and O–H groups in total. The minimum absolute atomic E-state index is 0.0513. The first-order chi connectivity index (χ1) is 14.6. The van der Waals surface area contributed by atoms with E-state index < -0.39 is 0 Å². The molecule has 0 saturated heterocycles. The van der Waals surface area contributed by atoms with Crippen LogP contribution >= 0.6 is 23.4 Å². The van der Waals surface area contributed by atoms with Gasteiger partial charge in [-0.25, -0.2) is 9.98 Å². The molecular formula is C24H19ClN4S. The van der Waals surface area contributed by atoms with E-state index >= 15 is 0 Å². The summed E-state index contributed by atoms with van der Waals surface area (Å²) in [5.74, 6) is 0.759. The molecule has 3 aromatic rings. The molecule has 1 unspecified atom stereocenters. The summed E-state index contributed by atoms with van der Waals surface area (Å²) < 4.78 is 0. The third-order valence-corrected chi connectivity index (χ3v) is 6.51. The summed E-state index contributed by atoms with van der Waals surface area (Å²) in [7, 11) is 2.00. The first-order valence-electron chi connectivity index (χ1n) is 9.59. The Morgan fingerprint density at radius 3 is 2.37 bits per heavy atom. The van der Waals surface area contributed by atoms with Gasteiger partial charge in [0.05, 0.1) is 16.6 Å². The van der Waals surface area contributed by atoms with Gasteiger partial charge in [-0.2, -0.15) is 0 Å². The van der Waals surface area contributed by atoms with E-state index in [2.05, 4.69) is 29.2 Å². The quantitative estimate of drug-likeness (QED) is 0.575. The van der Waals surface area contributed by atoms with E-state index in [9.17, 15) is 0 Å². The van der Waals surface area contributed by atoms with Crippen molar-refractivity contribution < 1.29 is 0 Å². The molecule has 4 nitrogen and oxygen atoms in total. The Hall–Kier alpha value is -3.02. The highest BCUT2D eigenvalue weighted by Crippen LogP contribution is 2.45. The lowest BCUT2D eigenvalue weighted by molar-refractivity contribution is 0.956. The van der Waals surface area contributed by atoms with E-state index in [0.717, 1.165) is 39.6 Å². The number of nitrogens with two attached hydrogens (primary N) is 1. The number of fused-ring (bicyclic) bond motifs is 1. The van der Waals surface area contributed by atoms with Crippen LogP contribution in [0.3, 0.4) is 0 Å². The second-order valence-corrected chi connectivity index (χ2v) is 8.68. The highest BCUT2D eigenvalue weighted by atomic mass is 35.5. The molecule has 3 aromatic carbocycles. The summed E-state index contributed by atoms with van der Waals surface area (Å²) in [6, 6.07) is 26.4. The summed E-state index contributed by atoms with van der Waals surface area (Å²) in [6.07, 6.45) is 0. The van der Waals surface area contributed by atoms with Crippen LogP contribution in [-0.2, 0) is 0 Å². The van der Waals surface area contributed by atoms with Crippen molar-refractivity contribution in [2.45, 2.75) is 5.25 Å². The van der Waals surface area contributed by atoms with Crippen molar-refractivity contribution in [3.05, 3.63) is 112 Å². The SMILES string of the molecule is CN1C2=C(N=C(c3ccccc3)c3cc(Cl)ccc31)C(c1ccccc1)SC(N)=N2. The van der Waals surface area contributed by atoms with Crippen molar-refractivity contribution in [2.75, 3.05) is 11.9 Å². The second kappa shape index (κ2) is 7.67. The van der Waals surface area contributed by atoms with Gasteiger partial charge in [0.25, 0.3) is 0 Å². The van der Waals surface area contributed by atoms with Crippen LogP contribution in [-0.4, -0.2) is 17.9 Å². The molecule has 2 aliphatic heterocycles. The van der Waals surface area contributed by atoms with Crippen LogP contribution in [0.5, 0.6) is 0 Å². The molecule has 2 aliphatic rings. The molecule has 5 rings (SSSR count). The lowest BCUT2D eigenvalue weighted by Gasteiger charge is -2.28. The van der Waals surface area contributed by atoms with Gasteiger partial charge in [-0.05, 0) is 23.8 Å². The van der Waals surface area contributed by atoms with Gasteiger partial charge in [-0.3, -0.25) is 0 Å². The number of halogens is 1. The molecule has 6 heteroatoms. The van der Waals surface area contributed by atoms with Gasteiger partial charge in [-0.15, -0.1) is 0 Å². The van der Waals surface area contributed by atoms with Crippen LogP contribution in [0.4, 0.5) is 5.69 Å². The number of benzene rings is 3. The topological polar surface area (TPSA) is 54.0 Å². The summed E-state index contributed by atoms with van der Waals surface area (Å²) >= 11 is 7.92. The Balaban J connectivity index is 1.80. The number of aliphatic imine (C=N–C) groups is 2. The number of nitrogens with zero attached hydrogens (tertiary/aromatic N) is 3. The van der Waals surface area contributed by atoms with Gasteiger partial charge in [0.1, 0.15) is 5.70 Å². The van der Waals surface area contributed by atoms with Crippen LogP contribution in [0.2, 0.25) is 5.02 Å². The Labute approximate surface area is 184 Å². The molecule has 0 amide bonds. The van der Waals surface area contributed by atoms with Crippen LogP contribution in [0.15, 0.2) is 100 Å². The molecule has 0 radical (unpaired) electrons. The van der Waals surface area contributed by atoms with Gasteiger partial charge in [0.2, 0.25) is 0 Å². The van der Waals surface area contributed by atoms with Gasteiger partial charge in [-0.1, -0.05) is 84.0 Å². The standard InChI is InChI=1S/C24H19ClN4S/c1-29-19-13-12-17(25)14-18(19)20(15-8-4-2-5-9-15)27-21-22(16-10-6-3-7-11-16)30-24(26)28-23(21)29/h2-14,22H,1H3,(H2,26,28). The molecule has 1 atom stereocenters. The van der Waals surface area contributed by atoms with Gasteiger partial charge >= 0.3 is 0 Å². The third-order valence-electron chi connectivity index (χ3n) is 5.21. The number of hydrogen-bond acceptors (Lipinski definition) is 5. The molecule has 2 heterocycles. The fourth-order valence-electron chi connectivity index (χ4n) is 3.79. The molecule has 0 aromatic heterocycles. The lowest BCUT2D eigenvalue weighted by atomic mass is 10.00. The summed E-state index contributed by atoms with van der Waals surface area (Å²) in [4.78, 5) is 12.0. The average Bonchev–Trinajstić information content (AvgIpc) is 2.89. The van der Waals surface area contributed by atoms with Crippen LogP contribution in [0, 0.1) is 0 Å². The first kappa shape index (κ1) is 19.0. The number of amidine groups is 1. The summed E-state index contributed by atoms with van der Waals surface area (Å²) in [5, 5.41) is 1.15. The lowest BCUT2D eigenvalue weighted by Crippen LogP contribution is -2.24. The second-order valence-electron chi connectivity index (χ2n) is 7.11. The Morgan fingerprint density at radius 2 is 1.63 bits per heavy atom. The zero-order chi connectivity index (χ0) is 20.7. The first-order valence-corrected chi connectivity index (χ1v) is 10.9. The minimum atomic E-state index is -0.0513. The summed E-state index contributed by atoms with van der Waals surface area (Å²) in [5.41, 5.74) is 12.1. The largest absolute Gasteiger partial charge is 0.378 e. The molecule has 0 saturated carbocycles. The minimum Gasteiger partial charge on any atom is -0.378 e. The van der Waals surface area contributed by atoms with Crippen LogP contribution < -0.4 is 10.6 Å². The van der Waals surface area contributed by atoms with Crippen molar-refractivity contribution in [2.24, 2.45) is 15.7 Å². The molecule has 0 fully saturated rings. The van der Waals surface area contributed by atoms with Crippen molar-refractivity contribution in [3.8, 4) is 0 Å². The normalized spacial score (nSPS) is 18.2. The highest BCUT2D eigenvalue weighted by Gasteiger charge is 2.33. The number of hydrogen-bond donors (Lipinski definition) is 1. The molecule has 0 bridgehead atoms. The van der Waals surface area contributed by atoms with Gasteiger partial charge in [0, 0.05) is 23.2 Å². The Kier molecular flexibility index (Phi) is 4.85. The monoisotopic (exact) mass is 430 g/mol. The van der Waals surface area contributed by atoms with Crippen LogP contribution in [0.25, 0.3) is 0 Å². The predicted octanol–water partition coefficient (Wildman–Crippen LogP) is 5.60. The molecular weight excluding hydrogens is 412 g/mol. The average molecular weight is 431 g/mol. The molecule has 148 valence electrons. The van der Waals surface area contributed by atoms with E-state index in [1.165, 1.54) is 11.8 Å². The predicted molar refractivity (Wildman–Crippen MR) is 127 cm³/mol. The van der Waals surface area contributed by atoms with Crippen molar-refractivity contribution in [1.29, 1.82) is 0 Å². The van der Waals surface area contributed by atoms with E-state index in [0.29, 0.717) is 10.2 Å². The molecule has 30 heavy (non-hydrogen) atoms. The van der Waals surface area contributed by atoms with Crippen molar-refractivity contribution >= 4 is 39.9 Å². The maximum absolute atomic E-state index is 6.39. The Morgan fingerprint density at radius 1 is 0.933 bits per heavy atom. The fraction of sp³-hybridized carbons (Fsp3) is 0.0833. The molecule has 0 spiro atoms. The highest BCUT2D eigenvalue weighted by molar-refractivity contribution is 8.14.